The summed E-state index contributed by atoms with van der Waals surface area (Å²) in [6.45, 7) is 3.78. The van der Waals surface area contributed by atoms with Crippen LogP contribution >= 0.6 is 50.1 Å². The predicted molar refractivity (Wildman–Crippen MR) is 79.1 cm³/mol. The molecule has 0 aliphatic heterocycles. The van der Waals surface area contributed by atoms with E-state index in [1.54, 1.807) is 6.07 Å². The Bertz CT molecular complexity index is 409. The van der Waals surface area contributed by atoms with Gasteiger partial charge in [0.2, 0.25) is 0 Å². The number of hydrogen-bond donors (Lipinski definition) is 1. The maximum absolute atomic E-state index is 12.0. The normalized spacial score (nSPS) is 11.3. The molecular formula is C11H12BrClINO. The quantitative estimate of drug-likeness (QED) is 0.589. The molecule has 0 aliphatic carbocycles. The molecule has 16 heavy (non-hydrogen) atoms. The van der Waals surface area contributed by atoms with E-state index in [9.17, 15) is 4.79 Å². The van der Waals surface area contributed by atoms with Gasteiger partial charge in [0.1, 0.15) is 0 Å². The van der Waals surface area contributed by atoms with Crippen LogP contribution in [0.5, 0.6) is 0 Å². The first-order valence-electron chi connectivity index (χ1n) is 4.69. The van der Waals surface area contributed by atoms with E-state index in [0.717, 1.165) is 8.04 Å². The van der Waals surface area contributed by atoms with E-state index < -0.39 is 5.54 Å². The summed E-state index contributed by atoms with van der Waals surface area (Å²) in [4.78, 5) is 12.0. The van der Waals surface area contributed by atoms with E-state index in [4.69, 9.17) is 11.6 Å². The van der Waals surface area contributed by atoms with Gasteiger partial charge in [-0.25, -0.2) is 0 Å². The second-order valence-corrected chi connectivity index (χ2v) is 6.44. The number of benzene rings is 1. The van der Waals surface area contributed by atoms with Crippen molar-refractivity contribution in [2.24, 2.45) is 0 Å². The minimum Gasteiger partial charge on any atom is -0.346 e. The predicted octanol–water partition coefficient (Wildman–Crippen LogP) is 3.80. The van der Waals surface area contributed by atoms with Gasteiger partial charge < -0.3 is 5.32 Å². The highest BCUT2D eigenvalue weighted by molar-refractivity contribution is 14.1. The lowest BCUT2D eigenvalue weighted by molar-refractivity contribution is 0.0919. The molecule has 0 bridgehead atoms. The lowest BCUT2D eigenvalue weighted by atomic mass is 10.1. The first-order chi connectivity index (χ1) is 7.35. The van der Waals surface area contributed by atoms with Crippen LogP contribution in [0.3, 0.4) is 0 Å². The maximum Gasteiger partial charge on any atom is 0.252 e. The zero-order chi connectivity index (χ0) is 12.3. The largest absolute Gasteiger partial charge is 0.346 e. The van der Waals surface area contributed by atoms with Crippen molar-refractivity contribution in [1.82, 2.24) is 5.32 Å². The second kappa shape index (κ2) is 5.69. The molecule has 1 N–H and O–H groups in total. The molecule has 1 amide bonds. The van der Waals surface area contributed by atoms with Gasteiger partial charge in [0.25, 0.3) is 5.91 Å². The maximum atomic E-state index is 12.0. The number of carbonyl (C=O) groups is 1. The standard InChI is InChI=1S/C11H12BrClINO/c1-11(2,6-13)15-10(16)8-5-7(12)3-4-9(8)14/h3-5H,6H2,1-2H3,(H,15,16). The third-order valence-electron chi connectivity index (χ3n) is 1.96. The minimum atomic E-state index is -0.399. The molecule has 0 radical (unpaired) electrons. The minimum absolute atomic E-state index is 0.101. The number of alkyl halides is 1. The summed E-state index contributed by atoms with van der Waals surface area (Å²) >= 11 is 11.3. The molecule has 2 nitrogen and oxygen atoms in total. The lowest BCUT2D eigenvalue weighted by Crippen LogP contribution is -2.45. The first kappa shape index (κ1) is 14.3. The zero-order valence-corrected chi connectivity index (χ0v) is 13.5. The van der Waals surface area contributed by atoms with Gasteiger partial charge >= 0.3 is 0 Å². The zero-order valence-electron chi connectivity index (χ0n) is 8.98. The van der Waals surface area contributed by atoms with Crippen LogP contribution in [0.25, 0.3) is 0 Å². The molecule has 0 fully saturated rings. The van der Waals surface area contributed by atoms with E-state index in [-0.39, 0.29) is 5.91 Å². The number of rotatable bonds is 3. The molecule has 0 heterocycles. The van der Waals surface area contributed by atoms with Crippen molar-refractivity contribution >= 4 is 56.0 Å². The van der Waals surface area contributed by atoms with Crippen molar-refractivity contribution in [3.05, 3.63) is 31.8 Å². The molecular weight excluding hydrogens is 404 g/mol. The van der Waals surface area contributed by atoms with E-state index in [1.165, 1.54) is 0 Å². The molecule has 1 aromatic carbocycles. The lowest BCUT2D eigenvalue weighted by Gasteiger charge is -2.23. The van der Waals surface area contributed by atoms with E-state index >= 15 is 0 Å². The molecule has 88 valence electrons. The van der Waals surface area contributed by atoms with Crippen LogP contribution in [0, 0.1) is 3.57 Å². The Morgan fingerprint density at radius 1 is 1.56 bits per heavy atom. The van der Waals surface area contributed by atoms with Crippen LogP contribution in [0.2, 0.25) is 0 Å². The van der Waals surface area contributed by atoms with E-state index in [1.807, 2.05) is 26.0 Å². The van der Waals surface area contributed by atoms with Gasteiger partial charge in [-0.1, -0.05) is 15.9 Å². The Kier molecular flexibility index (Phi) is 5.07. The summed E-state index contributed by atoms with van der Waals surface area (Å²) in [7, 11) is 0. The fourth-order valence-electron chi connectivity index (χ4n) is 1.08. The van der Waals surface area contributed by atoms with Crippen LogP contribution in [0.1, 0.15) is 24.2 Å². The van der Waals surface area contributed by atoms with Crippen molar-refractivity contribution in [2.75, 3.05) is 5.88 Å². The Hall–Kier alpha value is 0.190. The summed E-state index contributed by atoms with van der Waals surface area (Å²) in [5.41, 5.74) is 0.262. The Balaban J connectivity index is 2.93. The summed E-state index contributed by atoms with van der Waals surface area (Å²) in [5.74, 6) is 0.278. The van der Waals surface area contributed by atoms with Crippen molar-refractivity contribution in [1.29, 1.82) is 0 Å². The highest BCUT2D eigenvalue weighted by Gasteiger charge is 2.21. The van der Waals surface area contributed by atoms with Crippen molar-refractivity contribution in [3.63, 3.8) is 0 Å². The monoisotopic (exact) mass is 415 g/mol. The summed E-state index contributed by atoms with van der Waals surface area (Å²) < 4.78 is 1.81. The molecule has 5 heteroatoms. The third-order valence-corrected chi connectivity index (χ3v) is 4.06. The van der Waals surface area contributed by atoms with Crippen LogP contribution in [-0.2, 0) is 0 Å². The second-order valence-electron chi connectivity index (χ2n) is 4.10. The summed E-state index contributed by atoms with van der Waals surface area (Å²) in [6, 6.07) is 5.61. The van der Waals surface area contributed by atoms with E-state index in [2.05, 4.69) is 43.8 Å². The number of nitrogens with one attached hydrogen (secondary N) is 1. The van der Waals surface area contributed by atoms with Crippen LogP contribution in [-0.4, -0.2) is 17.3 Å². The molecule has 0 aliphatic rings. The molecule has 0 unspecified atom stereocenters. The Morgan fingerprint density at radius 2 is 2.19 bits per heavy atom. The van der Waals surface area contributed by atoms with E-state index in [0.29, 0.717) is 11.4 Å². The summed E-state index contributed by atoms with van der Waals surface area (Å²) in [6.07, 6.45) is 0. The van der Waals surface area contributed by atoms with Crippen molar-refractivity contribution in [2.45, 2.75) is 19.4 Å². The van der Waals surface area contributed by atoms with Gasteiger partial charge in [0.05, 0.1) is 5.56 Å². The average Bonchev–Trinajstić information content (AvgIpc) is 2.21. The van der Waals surface area contributed by atoms with Gasteiger partial charge in [0.15, 0.2) is 0 Å². The molecule has 0 aromatic heterocycles. The van der Waals surface area contributed by atoms with Gasteiger partial charge in [-0.3, -0.25) is 4.79 Å². The third kappa shape index (κ3) is 3.89. The number of carbonyl (C=O) groups excluding carboxylic acids is 1. The topological polar surface area (TPSA) is 29.1 Å². The molecule has 1 rings (SSSR count). The van der Waals surface area contributed by atoms with Crippen LogP contribution < -0.4 is 5.32 Å². The average molecular weight is 416 g/mol. The molecule has 0 spiro atoms. The Morgan fingerprint density at radius 3 is 2.75 bits per heavy atom. The van der Waals surface area contributed by atoms with Gasteiger partial charge in [-0.05, 0) is 54.6 Å². The number of halogens is 3. The highest BCUT2D eigenvalue weighted by atomic mass is 127. The van der Waals surface area contributed by atoms with Crippen LogP contribution in [0.4, 0.5) is 0 Å². The molecule has 0 saturated carbocycles. The highest BCUT2D eigenvalue weighted by Crippen LogP contribution is 2.19. The smallest absolute Gasteiger partial charge is 0.252 e. The summed E-state index contributed by atoms with van der Waals surface area (Å²) in [5, 5.41) is 2.89. The number of hydrogen-bond acceptors (Lipinski definition) is 1. The first-order valence-corrected chi connectivity index (χ1v) is 7.10. The SMILES string of the molecule is CC(C)(CCl)NC(=O)c1cc(Br)ccc1I. The molecule has 1 aromatic rings. The van der Waals surface area contributed by atoms with Gasteiger partial charge in [-0.2, -0.15) is 0 Å². The fourth-order valence-corrected chi connectivity index (χ4v) is 2.09. The molecule has 0 saturated heterocycles. The van der Waals surface area contributed by atoms with Crippen molar-refractivity contribution in [3.8, 4) is 0 Å². The number of amides is 1. The van der Waals surface area contributed by atoms with Gasteiger partial charge in [0, 0.05) is 19.5 Å². The van der Waals surface area contributed by atoms with Crippen LogP contribution in [0.15, 0.2) is 22.7 Å². The Labute approximate surface area is 122 Å². The molecule has 0 atom stereocenters. The fraction of sp³-hybridized carbons (Fsp3) is 0.364. The van der Waals surface area contributed by atoms with Gasteiger partial charge in [-0.15, -0.1) is 11.6 Å². The van der Waals surface area contributed by atoms with Crippen molar-refractivity contribution < 1.29 is 4.79 Å².